The lowest BCUT2D eigenvalue weighted by atomic mass is 10.0. The van der Waals surface area contributed by atoms with Gasteiger partial charge in [-0.15, -0.1) is 0 Å². The number of rotatable bonds is 14. The highest BCUT2D eigenvalue weighted by molar-refractivity contribution is 7.92. The Bertz CT molecular complexity index is 1370. The van der Waals surface area contributed by atoms with Crippen molar-refractivity contribution in [2.24, 2.45) is 0 Å². The third kappa shape index (κ3) is 8.43. The second-order valence-corrected chi connectivity index (χ2v) is 12.5. The fourth-order valence-corrected chi connectivity index (χ4v) is 6.02. The fourth-order valence-electron chi connectivity index (χ4n) is 4.59. The number of sulfonamides is 1. The molecule has 0 saturated carbocycles. The molecule has 0 heterocycles. The molecule has 0 saturated heterocycles. The van der Waals surface area contributed by atoms with E-state index < -0.39 is 28.5 Å². The van der Waals surface area contributed by atoms with Crippen molar-refractivity contribution in [3.63, 3.8) is 0 Å². The topological polar surface area (TPSA) is 86.8 Å². The van der Waals surface area contributed by atoms with Crippen LogP contribution in [0.15, 0.2) is 83.8 Å². The van der Waals surface area contributed by atoms with Gasteiger partial charge in [-0.1, -0.05) is 94.3 Å². The van der Waals surface area contributed by atoms with E-state index in [1.54, 1.807) is 30.3 Å². The van der Waals surface area contributed by atoms with Gasteiger partial charge in [-0.3, -0.25) is 13.9 Å². The lowest BCUT2D eigenvalue weighted by Crippen LogP contribution is -2.52. The molecule has 1 N–H and O–H groups in total. The van der Waals surface area contributed by atoms with Crippen LogP contribution in [-0.2, 0) is 26.2 Å². The minimum atomic E-state index is -4.08. The highest BCUT2D eigenvalue weighted by atomic mass is 32.2. The van der Waals surface area contributed by atoms with E-state index in [0.717, 1.165) is 33.8 Å². The number of hydrogen-bond donors (Lipinski definition) is 1. The first-order chi connectivity index (χ1) is 19.6. The quantitative estimate of drug-likeness (QED) is 0.237. The standard InChI is InChI=1S/C33H43N3O4S/c1-6-8-22-34-33(38)31(7-2)35(23-27-16-14-26(5)15-17-27)32(37)24-36(29-20-18-28(19-21-29)25(3)4)41(39,40)30-12-10-9-11-13-30/h9-21,25,31H,6-8,22-24H2,1-5H3,(H,34,38)/t31-/m0/s1. The number of anilines is 1. The second-order valence-electron chi connectivity index (χ2n) is 10.6. The summed E-state index contributed by atoms with van der Waals surface area (Å²) in [7, 11) is -4.08. The minimum absolute atomic E-state index is 0.0928. The van der Waals surface area contributed by atoms with Gasteiger partial charge in [0.25, 0.3) is 10.0 Å². The molecule has 0 unspecified atom stereocenters. The van der Waals surface area contributed by atoms with Crippen molar-refractivity contribution in [1.29, 1.82) is 0 Å². The average Bonchev–Trinajstić information content (AvgIpc) is 2.97. The number of unbranched alkanes of at least 4 members (excludes halogenated alkanes) is 1. The minimum Gasteiger partial charge on any atom is -0.354 e. The van der Waals surface area contributed by atoms with E-state index in [0.29, 0.717) is 18.7 Å². The van der Waals surface area contributed by atoms with E-state index in [-0.39, 0.29) is 23.3 Å². The summed E-state index contributed by atoms with van der Waals surface area (Å²) in [4.78, 5) is 29.0. The van der Waals surface area contributed by atoms with Crippen LogP contribution in [0, 0.1) is 6.92 Å². The fraction of sp³-hybridized carbons (Fsp3) is 0.394. The van der Waals surface area contributed by atoms with Crippen LogP contribution in [0.4, 0.5) is 5.69 Å². The first kappa shape index (κ1) is 31.9. The maximum atomic E-state index is 14.1. The largest absolute Gasteiger partial charge is 0.354 e. The molecule has 3 aromatic rings. The molecule has 1 atom stereocenters. The Kier molecular flexibility index (Phi) is 11.5. The number of carbonyl (C=O) groups excluding carboxylic acids is 2. The van der Waals surface area contributed by atoms with Crippen LogP contribution in [0.25, 0.3) is 0 Å². The summed E-state index contributed by atoms with van der Waals surface area (Å²) < 4.78 is 29.0. The van der Waals surface area contributed by atoms with Crippen molar-refractivity contribution >= 4 is 27.5 Å². The van der Waals surface area contributed by atoms with Crippen LogP contribution in [0.2, 0.25) is 0 Å². The molecule has 0 aliphatic carbocycles. The number of amides is 2. The highest BCUT2D eigenvalue weighted by Crippen LogP contribution is 2.27. The maximum Gasteiger partial charge on any atom is 0.264 e. The molecule has 7 nitrogen and oxygen atoms in total. The van der Waals surface area contributed by atoms with Crippen molar-refractivity contribution in [2.45, 2.75) is 77.3 Å². The Morgan fingerprint density at radius 2 is 1.51 bits per heavy atom. The smallest absolute Gasteiger partial charge is 0.264 e. The molecular weight excluding hydrogens is 534 g/mol. The van der Waals surface area contributed by atoms with Crippen LogP contribution in [0.1, 0.15) is 69.6 Å². The van der Waals surface area contributed by atoms with E-state index in [9.17, 15) is 18.0 Å². The number of aryl methyl sites for hydroxylation is 1. The van der Waals surface area contributed by atoms with Gasteiger partial charge in [0.2, 0.25) is 11.8 Å². The van der Waals surface area contributed by atoms with E-state index in [1.165, 1.54) is 17.0 Å². The SMILES string of the molecule is CCCCNC(=O)[C@H](CC)N(Cc1ccc(C)cc1)C(=O)CN(c1ccc(C(C)C)cc1)S(=O)(=O)c1ccccc1. The Hall–Kier alpha value is -3.65. The molecule has 41 heavy (non-hydrogen) atoms. The number of benzene rings is 3. The van der Waals surface area contributed by atoms with Crippen LogP contribution in [-0.4, -0.2) is 44.3 Å². The molecular formula is C33H43N3O4S. The number of nitrogens with one attached hydrogen (secondary N) is 1. The summed E-state index contributed by atoms with van der Waals surface area (Å²) >= 11 is 0. The van der Waals surface area contributed by atoms with Gasteiger partial charge in [0, 0.05) is 13.1 Å². The van der Waals surface area contributed by atoms with Crippen LogP contribution in [0.5, 0.6) is 0 Å². The molecule has 3 rings (SSSR count). The zero-order valence-corrected chi connectivity index (χ0v) is 25.7. The summed E-state index contributed by atoms with van der Waals surface area (Å²) in [5.74, 6) is -0.415. The Morgan fingerprint density at radius 1 is 0.878 bits per heavy atom. The predicted octanol–water partition coefficient (Wildman–Crippen LogP) is 6.04. The van der Waals surface area contributed by atoms with Gasteiger partial charge in [0.15, 0.2) is 0 Å². The van der Waals surface area contributed by atoms with Crippen LogP contribution in [0.3, 0.4) is 0 Å². The highest BCUT2D eigenvalue weighted by Gasteiger charge is 2.33. The maximum absolute atomic E-state index is 14.1. The summed E-state index contributed by atoms with van der Waals surface area (Å²) in [6.45, 7) is 10.3. The summed E-state index contributed by atoms with van der Waals surface area (Å²) in [6, 6.07) is 22.4. The van der Waals surface area contributed by atoms with Gasteiger partial charge in [-0.2, -0.15) is 0 Å². The zero-order valence-electron chi connectivity index (χ0n) is 24.8. The van der Waals surface area contributed by atoms with Crippen molar-refractivity contribution in [2.75, 3.05) is 17.4 Å². The first-order valence-corrected chi connectivity index (χ1v) is 15.8. The number of nitrogens with zero attached hydrogens (tertiary/aromatic N) is 2. The summed E-state index contributed by atoms with van der Waals surface area (Å²) in [5.41, 5.74) is 3.40. The molecule has 0 fully saturated rings. The molecule has 8 heteroatoms. The van der Waals surface area contributed by atoms with Gasteiger partial charge < -0.3 is 10.2 Å². The van der Waals surface area contributed by atoms with Gasteiger partial charge in [0.1, 0.15) is 12.6 Å². The van der Waals surface area contributed by atoms with Gasteiger partial charge in [-0.25, -0.2) is 8.42 Å². The molecule has 0 aromatic heterocycles. The molecule has 0 bridgehead atoms. The Morgan fingerprint density at radius 3 is 2.07 bits per heavy atom. The lowest BCUT2D eigenvalue weighted by molar-refractivity contribution is -0.140. The predicted molar refractivity (Wildman–Crippen MR) is 165 cm³/mol. The van der Waals surface area contributed by atoms with E-state index in [1.807, 2.05) is 57.2 Å². The second kappa shape index (κ2) is 14.8. The van der Waals surface area contributed by atoms with E-state index in [2.05, 4.69) is 19.2 Å². The van der Waals surface area contributed by atoms with Crippen molar-refractivity contribution < 1.29 is 18.0 Å². The first-order valence-electron chi connectivity index (χ1n) is 14.4. The third-order valence-electron chi connectivity index (χ3n) is 7.15. The molecule has 3 aromatic carbocycles. The van der Waals surface area contributed by atoms with Crippen molar-refractivity contribution in [3.8, 4) is 0 Å². The third-order valence-corrected chi connectivity index (χ3v) is 8.93. The molecule has 0 spiro atoms. The van der Waals surface area contributed by atoms with Crippen LogP contribution >= 0.6 is 0 Å². The normalized spacial score (nSPS) is 12.1. The number of carbonyl (C=O) groups is 2. The van der Waals surface area contributed by atoms with E-state index >= 15 is 0 Å². The van der Waals surface area contributed by atoms with E-state index in [4.69, 9.17) is 0 Å². The lowest BCUT2D eigenvalue weighted by Gasteiger charge is -2.33. The zero-order chi connectivity index (χ0) is 30.0. The van der Waals surface area contributed by atoms with Gasteiger partial charge in [0.05, 0.1) is 10.6 Å². The molecule has 0 radical (unpaired) electrons. The Labute approximate surface area is 245 Å². The average molecular weight is 578 g/mol. The molecule has 0 aliphatic heterocycles. The number of hydrogen-bond acceptors (Lipinski definition) is 4. The van der Waals surface area contributed by atoms with Crippen LogP contribution < -0.4 is 9.62 Å². The molecule has 2 amide bonds. The Balaban J connectivity index is 2.03. The van der Waals surface area contributed by atoms with Gasteiger partial charge >= 0.3 is 0 Å². The monoisotopic (exact) mass is 577 g/mol. The van der Waals surface area contributed by atoms with Gasteiger partial charge in [-0.05, 0) is 61.1 Å². The van der Waals surface area contributed by atoms with Crippen molar-refractivity contribution in [3.05, 3.63) is 95.6 Å². The molecule has 0 aliphatic rings. The van der Waals surface area contributed by atoms with Crippen molar-refractivity contribution in [1.82, 2.24) is 10.2 Å². The summed E-state index contributed by atoms with van der Waals surface area (Å²) in [6.07, 6.45) is 2.17. The molecule has 220 valence electrons. The summed E-state index contributed by atoms with van der Waals surface area (Å²) in [5, 5.41) is 2.96.